The summed E-state index contributed by atoms with van der Waals surface area (Å²) in [5, 5.41) is 8.64. The molecule has 0 unspecified atom stereocenters. The van der Waals surface area contributed by atoms with E-state index in [0.29, 0.717) is 17.9 Å². The van der Waals surface area contributed by atoms with Crippen molar-refractivity contribution in [2.24, 2.45) is 5.92 Å². The van der Waals surface area contributed by atoms with E-state index in [-0.39, 0.29) is 11.8 Å². The topological polar surface area (TPSA) is 79.5 Å². The number of methoxy groups -OCH3 is 1. The highest BCUT2D eigenvalue weighted by Gasteiger charge is 2.20. The first-order valence-electron chi connectivity index (χ1n) is 6.65. The molecule has 1 aliphatic heterocycles. The standard InChI is InChI=1S/C14H19N3O3/c1-20-14(19)17-12-6-2-5-11(8-12)16-13(18)10-4-3-7-15-9-10/h2,5-6,8,10,15H,3-4,7,9H2,1H3,(H,16,18)(H,17,19)/t10-/m0/s1. The summed E-state index contributed by atoms with van der Waals surface area (Å²) in [6.07, 6.45) is 1.38. The number of anilines is 2. The van der Waals surface area contributed by atoms with E-state index in [1.165, 1.54) is 7.11 Å². The van der Waals surface area contributed by atoms with Crippen molar-refractivity contribution in [1.82, 2.24) is 5.32 Å². The molecule has 108 valence electrons. The predicted octanol–water partition coefficient (Wildman–Crippen LogP) is 1.80. The van der Waals surface area contributed by atoms with Crippen molar-refractivity contribution in [3.05, 3.63) is 24.3 Å². The Morgan fingerprint density at radius 3 is 2.70 bits per heavy atom. The lowest BCUT2D eigenvalue weighted by molar-refractivity contribution is -0.120. The van der Waals surface area contributed by atoms with Crippen LogP contribution < -0.4 is 16.0 Å². The highest BCUT2D eigenvalue weighted by molar-refractivity contribution is 5.94. The third-order valence-electron chi connectivity index (χ3n) is 3.23. The van der Waals surface area contributed by atoms with Crippen molar-refractivity contribution < 1.29 is 14.3 Å². The van der Waals surface area contributed by atoms with Gasteiger partial charge in [-0.3, -0.25) is 10.1 Å². The monoisotopic (exact) mass is 277 g/mol. The Morgan fingerprint density at radius 1 is 1.30 bits per heavy atom. The maximum atomic E-state index is 12.1. The first kappa shape index (κ1) is 14.3. The van der Waals surface area contributed by atoms with Gasteiger partial charge in [0.15, 0.2) is 0 Å². The lowest BCUT2D eigenvalue weighted by atomic mass is 9.99. The lowest BCUT2D eigenvalue weighted by Gasteiger charge is -2.22. The Kier molecular flexibility index (Phi) is 4.95. The molecule has 0 saturated carbocycles. The average molecular weight is 277 g/mol. The zero-order chi connectivity index (χ0) is 14.4. The molecule has 3 N–H and O–H groups in total. The summed E-state index contributed by atoms with van der Waals surface area (Å²) >= 11 is 0. The number of piperidine rings is 1. The number of nitrogens with one attached hydrogen (secondary N) is 3. The third-order valence-corrected chi connectivity index (χ3v) is 3.23. The van der Waals surface area contributed by atoms with Crippen molar-refractivity contribution in [1.29, 1.82) is 0 Å². The Morgan fingerprint density at radius 2 is 2.05 bits per heavy atom. The predicted molar refractivity (Wildman–Crippen MR) is 76.7 cm³/mol. The molecule has 1 aromatic rings. The van der Waals surface area contributed by atoms with Crippen LogP contribution in [-0.2, 0) is 9.53 Å². The molecule has 0 spiro atoms. The van der Waals surface area contributed by atoms with Crippen molar-refractivity contribution >= 4 is 23.4 Å². The summed E-state index contributed by atoms with van der Waals surface area (Å²) < 4.78 is 4.52. The summed E-state index contributed by atoms with van der Waals surface area (Å²) in [5.41, 5.74) is 1.24. The van der Waals surface area contributed by atoms with E-state index in [2.05, 4.69) is 20.7 Å². The van der Waals surface area contributed by atoms with E-state index in [9.17, 15) is 9.59 Å². The first-order chi connectivity index (χ1) is 9.69. The minimum atomic E-state index is -0.537. The van der Waals surface area contributed by atoms with Gasteiger partial charge >= 0.3 is 6.09 Å². The molecule has 20 heavy (non-hydrogen) atoms. The number of hydrogen-bond acceptors (Lipinski definition) is 4. The molecule has 0 bridgehead atoms. The molecule has 1 heterocycles. The molecule has 6 nitrogen and oxygen atoms in total. The van der Waals surface area contributed by atoms with Gasteiger partial charge in [-0.2, -0.15) is 0 Å². The van der Waals surface area contributed by atoms with Gasteiger partial charge in [0.2, 0.25) is 5.91 Å². The van der Waals surface area contributed by atoms with Crippen LogP contribution in [0, 0.1) is 5.92 Å². The molecule has 0 aliphatic carbocycles. The minimum absolute atomic E-state index is 0.000900. The maximum absolute atomic E-state index is 12.1. The summed E-state index contributed by atoms with van der Waals surface area (Å²) in [7, 11) is 1.30. The zero-order valence-corrected chi connectivity index (χ0v) is 11.4. The van der Waals surface area contributed by atoms with Crippen LogP contribution in [0.2, 0.25) is 0 Å². The quantitative estimate of drug-likeness (QED) is 0.787. The van der Waals surface area contributed by atoms with Gasteiger partial charge in [-0.05, 0) is 37.6 Å². The fraction of sp³-hybridized carbons (Fsp3) is 0.429. The Labute approximate surface area is 117 Å². The van der Waals surface area contributed by atoms with Crippen molar-refractivity contribution in [2.75, 3.05) is 30.8 Å². The molecule has 1 fully saturated rings. The van der Waals surface area contributed by atoms with Gasteiger partial charge in [-0.1, -0.05) is 6.07 Å². The molecule has 2 rings (SSSR count). The zero-order valence-electron chi connectivity index (χ0n) is 11.4. The van der Waals surface area contributed by atoms with Gasteiger partial charge in [-0.15, -0.1) is 0 Å². The van der Waals surface area contributed by atoms with E-state index in [1.54, 1.807) is 24.3 Å². The SMILES string of the molecule is COC(=O)Nc1cccc(NC(=O)[C@H]2CCCNC2)c1. The number of rotatable bonds is 3. The smallest absolute Gasteiger partial charge is 0.411 e. The number of carbonyl (C=O) groups is 2. The molecular formula is C14H19N3O3. The van der Waals surface area contributed by atoms with Crippen LogP contribution in [0.5, 0.6) is 0 Å². The van der Waals surface area contributed by atoms with Crippen molar-refractivity contribution in [3.63, 3.8) is 0 Å². The Balaban J connectivity index is 1.96. The third kappa shape index (κ3) is 3.96. The van der Waals surface area contributed by atoms with Gasteiger partial charge in [0.25, 0.3) is 0 Å². The van der Waals surface area contributed by atoms with Crippen LogP contribution in [0.15, 0.2) is 24.3 Å². The van der Waals surface area contributed by atoms with Gasteiger partial charge in [0.05, 0.1) is 13.0 Å². The van der Waals surface area contributed by atoms with E-state index in [1.807, 2.05) is 0 Å². The van der Waals surface area contributed by atoms with Crippen molar-refractivity contribution in [2.45, 2.75) is 12.8 Å². The van der Waals surface area contributed by atoms with Gasteiger partial charge in [0, 0.05) is 17.9 Å². The minimum Gasteiger partial charge on any atom is -0.453 e. The summed E-state index contributed by atoms with van der Waals surface area (Å²) in [5.74, 6) is 0.00777. The molecule has 0 aromatic heterocycles. The normalized spacial score (nSPS) is 18.1. The maximum Gasteiger partial charge on any atom is 0.411 e. The fourth-order valence-corrected chi connectivity index (χ4v) is 2.16. The van der Waals surface area contributed by atoms with E-state index >= 15 is 0 Å². The number of hydrogen-bond donors (Lipinski definition) is 3. The second-order valence-corrected chi connectivity index (χ2v) is 4.73. The van der Waals surface area contributed by atoms with Crippen LogP contribution in [0.3, 0.4) is 0 Å². The second kappa shape index (κ2) is 6.91. The average Bonchev–Trinajstić information content (AvgIpc) is 2.48. The van der Waals surface area contributed by atoms with Crippen LogP contribution in [0.4, 0.5) is 16.2 Å². The molecule has 1 atom stereocenters. The molecular weight excluding hydrogens is 258 g/mol. The highest BCUT2D eigenvalue weighted by atomic mass is 16.5. The number of amides is 2. The molecule has 1 saturated heterocycles. The number of ether oxygens (including phenoxy) is 1. The van der Waals surface area contributed by atoms with Crippen LogP contribution in [0.25, 0.3) is 0 Å². The Hall–Kier alpha value is -2.08. The second-order valence-electron chi connectivity index (χ2n) is 4.73. The van der Waals surface area contributed by atoms with E-state index in [0.717, 1.165) is 19.4 Å². The molecule has 1 aromatic carbocycles. The lowest BCUT2D eigenvalue weighted by Crippen LogP contribution is -2.37. The largest absolute Gasteiger partial charge is 0.453 e. The van der Waals surface area contributed by atoms with Crippen molar-refractivity contribution in [3.8, 4) is 0 Å². The Bertz CT molecular complexity index is 484. The molecule has 0 radical (unpaired) electrons. The molecule has 2 amide bonds. The van der Waals surface area contributed by atoms with Crippen LogP contribution in [0.1, 0.15) is 12.8 Å². The van der Waals surface area contributed by atoms with Crippen LogP contribution >= 0.6 is 0 Å². The summed E-state index contributed by atoms with van der Waals surface area (Å²) in [6.45, 7) is 1.69. The number of benzene rings is 1. The highest BCUT2D eigenvalue weighted by Crippen LogP contribution is 2.18. The molecule has 1 aliphatic rings. The number of carbonyl (C=O) groups excluding carboxylic acids is 2. The van der Waals surface area contributed by atoms with Gasteiger partial charge in [0.1, 0.15) is 0 Å². The molecule has 6 heteroatoms. The fourth-order valence-electron chi connectivity index (χ4n) is 2.16. The van der Waals surface area contributed by atoms with E-state index in [4.69, 9.17) is 0 Å². The van der Waals surface area contributed by atoms with Crippen LogP contribution in [-0.4, -0.2) is 32.2 Å². The van der Waals surface area contributed by atoms with E-state index < -0.39 is 6.09 Å². The summed E-state index contributed by atoms with van der Waals surface area (Å²) in [4.78, 5) is 23.2. The first-order valence-corrected chi connectivity index (χ1v) is 6.65. The van der Waals surface area contributed by atoms with Gasteiger partial charge in [-0.25, -0.2) is 4.79 Å². The summed E-state index contributed by atoms with van der Waals surface area (Å²) in [6, 6.07) is 6.98. The van der Waals surface area contributed by atoms with Gasteiger partial charge < -0.3 is 15.4 Å².